The molecule has 7 heteroatoms. The molecule has 2 aliphatic rings. The van der Waals surface area contributed by atoms with Crippen LogP contribution < -0.4 is 5.32 Å². The number of rotatable bonds is 4. The van der Waals surface area contributed by atoms with Crippen molar-refractivity contribution in [2.45, 2.75) is 37.5 Å². The van der Waals surface area contributed by atoms with E-state index in [4.69, 9.17) is 4.74 Å². The molecule has 0 unspecified atom stereocenters. The van der Waals surface area contributed by atoms with Gasteiger partial charge in [-0.05, 0) is 31.5 Å². The van der Waals surface area contributed by atoms with Crippen LogP contribution in [-0.2, 0) is 11.3 Å². The monoisotopic (exact) mass is 343 g/mol. The quantitative estimate of drug-likeness (QED) is 0.919. The molecule has 4 rings (SSSR count). The molecule has 2 aromatic heterocycles. The molecule has 6 nitrogen and oxygen atoms in total. The topological polar surface area (TPSA) is 63.2 Å². The zero-order valence-corrected chi connectivity index (χ0v) is 14.1. The van der Waals surface area contributed by atoms with E-state index in [0.717, 1.165) is 44.6 Å². The van der Waals surface area contributed by atoms with Crippen molar-refractivity contribution in [2.75, 3.05) is 25.0 Å². The Morgan fingerprint density at radius 3 is 2.96 bits per heavy atom. The van der Waals surface area contributed by atoms with E-state index in [9.17, 15) is 4.39 Å². The Bertz CT molecular complexity index is 698. The number of piperidine rings is 1. The van der Waals surface area contributed by atoms with Crippen LogP contribution in [-0.4, -0.2) is 51.2 Å². The number of aromatic nitrogens is 3. The summed E-state index contributed by atoms with van der Waals surface area (Å²) in [5, 5.41) is 3.26. The number of nitrogens with one attached hydrogen (secondary N) is 1. The second-order valence-electron chi connectivity index (χ2n) is 6.90. The van der Waals surface area contributed by atoms with Crippen LogP contribution in [0.4, 0.5) is 10.3 Å². The summed E-state index contributed by atoms with van der Waals surface area (Å²) in [4.78, 5) is 14.8. The SMILES string of the molecule is Fc1cnc(N[C@@H]2CO[C@]3(CCCN(Cc4ccccn4)C3)C2)nc1. The Labute approximate surface area is 146 Å². The molecule has 1 N–H and O–H groups in total. The Balaban J connectivity index is 1.36. The van der Waals surface area contributed by atoms with Gasteiger partial charge in [-0.1, -0.05) is 6.07 Å². The largest absolute Gasteiger partial charge is 0.371 e. The minimum absolute atomic E-state index is 0.120. The Morgan fingerprint density at radius 2 is 2.16 bits per heavy atom. The smallest absolute Gasteiger partial charge is 0.223 e. The maximum atomic E-state index is 12.9. The molecule has 132 valence electrons. The molecule has 0 amide bonds. The van der Waals surface area contributed by atoms with E-state index in [-0.39, 0.29) is 11.6 Å². The van der Waals surface area contributed by atoms with Crippen molar-refractivity contribution in [3.05, 3.63) is 48.3 Å². The lowest BCUT2D eigenvalue weighted by atomic mass is 9.88. The van der Waals surface area contributed by atoms with Gasteiger partial charge in [-0.15, -0.1) is 0 Å². The molecule has 0 radical (unpaired) electrons. The van der Waals surface area contributed by atoms with Crippen molar-refractivity contribution in [3.63, 3.8) is 0 Å². The summed E-state index contributed by atoms with van der Waals surface area (Å²) in [6, 6.07) is 6.18. The molecule has 1 spiro atoms. The molecular weight excluding hydrogens is 321 g/mol. The van der Waals surface area contributed by atoms with Crippen LogP contribution in [0.3, 0.4) is 0 Å². The number of likely N-dealkylation sites (tertiary alicyclic amines) is 1. The van der Waals surface area contributed by atoms with Gasteiger partial charge in [0.1, 0.15) is 0 Å². The highest BCUT2D eigenvalue weighted by Gasteiger charge is 2.43. The van der Waals surface area contributed by atoms with E-state index in [1.807, 2.05) is 18.3 Å². The van der Waals surface area contributed by atoms with Gasteiger partial charge in [0.15, 0.2) is 5.82 Å². The fourth-order valence-corrected chi connectivity index (χ4v) is 3.84. The number of pyridine rings is 1. The Hall–Kier alpha value is -2.12. The molecule has 2 aromatic rings. The van der Waals surface area contributed by atoms with Crippen LogP contribution >= 0.6 is 0 Å². The predicted octanol–water partition coefficient (Wildman–Crippen LogP) is 2.25. The van der Waals surface area contributed by atoms with Gasteiger partial charge in [-0.25, -0.2) is 14.4 Å². The second kappa shape index (κ2) is 7.01. The molecule has 4 heterocycles. The highest BCUT2D eigenvalue weighted by atomic mass is 19.1. The average molecular weight is 343 g/mol. The third-order valence-electron chi connectivity index (χ3n) is 4.89. The fraction of sp³-hybridized carbons (Fsp3) is 0.500. The molecule has 2 atom stereocenters. The summed E-state index contributed by atoms with van der Waals surface area (Å²) in [5.74, 6) is 0.0235. The lowest BCUT2D eigenvalue weighted by Crippen LogP contribution is -2.47. The van der Waals surface area contributed by atoms with Crippen LogP contribution in [0.25, 0.3) is 0 Å². The first-order valence-electron chi connectivity index (χ1n) is 8.71. The van der Waals surface area contributed by atoms with Crippen LogP contribution in [0.1, 0.15) is 25.0 Å². The normalized spacial score (nSPS) is 26.8. The fourth-order valence-electron chi connectivity index (χ4n) is 3.84. The minimum atomic E-state index is -0.429. The molecule has 0 aliphatic carbocycles. The van der Waals surface area contributed by atoms with Crippen LogP contribution in [0.5, 0.6) is 0 Å². The summed E-state index contributed by atoms with van der Waals surface area (Å²) >= 11 is 0. The van der Waals surface area contributed by atoms with Crippen molar-refractivity contribution in [3.8, 4) is 0 Å². The van der Waals surface area contributed by atoms with Gasteiger partial charge < -0.3 is 10.1 Å². The zero-order valence-electron chi connectivity index (χ0n) is 14.1. The third kappa shape index (κ3) is 3.93. The lowest BCUT2D eigenvalue weighted by Gasteiger charge is -2.39. The van der Waals surface area contributed by atoms with Crippen LogP contribution in [0, 0.1) is 5.82 Å². The summed E-state index contributed by atoms with van der Waals surface area (Å²) in [6.07, 6.45) is 7.28. The molecule has 25 heavy (non-hydrogen) atoms. The highest BCUT2D eigenvalue weighted by molar-refractivity contribution is 5.26. The van der Waals surface area contributed by atoms with Crippen molar-refractivity contribution in [1.29, 1.82) is 0 Å². The van der Waals surface area contributed by atoms with Crippen molar-refractivity contribution < 1.29 is 9.13 Å². The van der Waals surface area contributed by atoms with E-state index in [2.05, 4.69) is 31.2 Å². The predicted molar refractivity (Wildman–Crippen MR) is 91.4 cm³/mol. The Kier molecular flexibility index (Phi) is 4.59. The Morgan fingerprint density at radius 1 is 1.28 bits per heavy atom. The molecule has 0 saturated carbocycles. The lowest BCUT2D eigenvalue weighted by molar-refractivity contribution is -0.0535. The van der Waals surface area contributed by atoms with E-state index < -0.39 is 5.82 Å². The number of ether oxygens (including phenoxy) is 1. The van der Waals surface area contributed by atoms with E-state index >= 15 is 0 Å². The van der Waals surface area contributed by atoms with E-state index in [1.165, 1.54) is 12.4 Å². The molecule has 2 fully saturated rings. The first-order valence-corrected chi connectivity index (χ1v) is 8.71. The summed E-state index contributed by atoms with van der Waals surface area (Å²) in [7, 11) is 0. The van der Waals surface area contributed by atoms with Gasteiger partial charge in [-0.2, -0.15) is 0 Å². The zero-order chi connectivity index (χ0) is 17.1. The minimum Gasteiger partial charge on any atom is -0.371 e. The average Bonchev–Trinajstić information content (AvgIpc) is 3.00. The first kappa shape index (κ1) is 16.4. The molecule has 2 aliphatic heterocycles. The van der Waals surface area contributed by atoms with Gasteiger partial charge in [-0.3, -0.25) is 9.88 Å². The van der Waals surface area contributed by atoms with Gasteiger partial charge >= 0.3 is 0 Å². The van der Waals surface area contributed by atoms with Gasteiger partial charge in [0.05, 0.1) is 36.3 Å². The number of hydrogen-bond donors (Lipinski definition) is 1. The maximum Gasteiger partial charge on any atom is 0.223 e. The van der Waals surface area contributed by atoms with Crippen molar-refractivity contribution in [1.82, 2.24) is 19.9 Å². The highest BCUT2D eigenvalue weighted by Crippen LogP contribution is 2.35. The van der Waals surface area contributed by atoms with E-state index in [0.29, 0.717) is 12.6 Å². The van der Waals surface area contributed by atoms with E-state index in [1.54, 1.807) is 0 Å². The van der Waals surface area contributed by atoms with Crippen LogP contribution in [0.2, 0.25) is 0 Å². The second-order valence-corrected chi connectivity index (χ2v) is 6.90. The summed E-state index contributed by atoms with van der Waals surface area (Å²) < 4.78 is 19.1. The maximum absolute atomic E-state index is 12.9. The molecule has 0 bridgehead atoms. The van der Waals surface area contributed by atoms with Gasteiger partial charge in [0.2, 0.25) is 5.95 Å². The molecular formula is C18H22FN5O. The van der Waals surface area contributed by atoms with Gasteiger partial charge in [0.25, 0.3) is 0 Å². The number of hydrogen-bond acceptors (Lipinski definition) is 6. The summed E-state index contributed by atoms with van der Waals surface area (Å²) in [6.45, 7) is 3.45. The number of nitrogens with zero attached hydrogens (tertiary/aromatic N) is 4. The van der Waals surface area contributed by atoms with Crippen molar-refractivity contribution >= 4 is 5.95 Å². The van der Waals surface area contributed by atoms with Crippen LogP contribution in [0.15, 0.2) is 36.8 Å². The van der Waals surface area contributed by atoms with Gasteiger partial charge in [0, 0.05) is 25.7 Å². The van der Waals surface area contributed by atoms with Crippen molar-refractivity contribution in [2.24, 2.45) is 0 Å². The third-order valence-corrected chi connectivity index (χ3v) is 4.89. The standard InChI is InChI=1S/C18H22FN5O/c19-14-9-21-17(22-10-14)23-16-8-18(25-12-16)5-3-7-24(13-18)11-15-4-1-2-6-20-15/h1-2,4,6,9-10,16H,3,5,7-8,11-13H2,(H,21,22,23)/t16-,18+/m0/s1. The first-order chi connectivity index (χ1) is 12.2. The molecule has 2 saturated heterocycles. The number of halogens is 1. The summed E-state index contributed by atoms with van der Waals surface area (Å²) in [5.41, 5.74) is 0.969. The molecule has 0 aromatic carbocycles. The number of anilines is 1.